The van der Waals surface area contributed by atoms with Crippen molar-refractivity contribution in [2.24, 2.45) is 0 Å². The Balaban J connectivity index is 1.40. The smallest absolute Gasteiger partial charge is 0.312 e. The van der Waals surface area contributed by atoms with Crippen LogP contribution >= 0.6 is 0 Å². The van der Waals surface area contributed by atoms with Gasteiger partial charge in [-0.1, -0.05) is 11.6 Å². The van der Waals surface area contributed by atoms with Crippen molar-refractivity contribution in [1.82, 2.24) is 15.1 Å². The van der Waals surface area contributed by atoms with E-state index in [9.17, 15) is 14.4 Å². The molecule has 1 aromatic heterocycles. The molecule has 1 saturated heterocycles. The lowest BCUT2D eigenvalue weighted by Crippen LogP contribution is -2.53. The minimum absolute atomic E-state index is 0.188. The van der Waals surface area contributed by atoms with Crippen LogP contribution in [-0.2, 0) is 9.59 Å². The molecule has 0 spiro atoms. The Kier molecular flexibility index (Phi) is 6.09. The molecule has 0 atom stereocenters. The van der Waals surface area contributed by atoms with Crippen molar-refractivity contribution in [2.45, 2.75) is 32.1 Å². The summed E-state index contributed by atoms with van der Waals surface area (Å²) < 4.78 is 5.11. The summed E-state index contributed by atoms with van der Waals surface area (Å²) in [6, 6.07) is 3.29. The second kappa shape index (κ2) is 8.69. The van der Waals surface area contributed by atoms with Crippen molar-refractivity contribution in [1.29, 1.82) is 0 Å². The second-order valence-corrected chi connectivity index (χ2v) is 6.68. The van der Waals surface area contributed by atoms with Crippen molar-refractivity contribution in [3.05, 3.63) is 35.8 Å². The molecule has 26 heavy (non-hydrogen) atoms. The number of hydrogen-bond acceptors (Lipinski definition) is 4. The van der Waals surface area contributed by atoms with E-state index in [-0.39, 0.29) is 5.91 Å². The van der Waals surface area contributed by atoms with Crippen LogP contribution in [0.4, 0.5) is 0 Å². The van der Waals surface area contributed by atoms with E-state index >= 15 is 0 Å². The molecule has 1 aliphatic carbocycles. The normalized spacial score (nSPS) is 17.6. The van der Waals surface area contributed by atoms with E-state index in [1.165, 1.54) is 29.6 Å². The third-order valence-electron chi connectivity index (χ3n) is 4.90. The summed E-state index contributed by atoms with van der Waals surface area (Å²) in [5.74, 6) is -0.980. The molecule has 2 heterocycles. The van der Waals surface area contributed by atoms with Crippen LogP contribution in [0, 0.1) is 0 Å². The molecule has 1 aromatic rings. The quantitative estimate of drug-likeness (QED) is 0.653. The van der Waals surface area contributed by atoms with Crippen molar-refractivity contribution in [2.75, 3.05) is 32.7 Å². The lowest BCUT2D eigenvalue weighted by molar-refractivity contribution is -0.146. The fourth-order valence-corrected chi connectivity index (χ4v) is 3.36. The third-order valence-corrected chi connectivity index (χ3v) is 4.90. The highest BCUT2D eigenvalue weighted by Crippen LogP contribution is 2.19. The van der Waals surface area contributed by atoms with Gasteiger partial charge in [0.1, 0.15) is 0 Å². The Hall–Kier alpha value is -2.57. The number of nitrogens with zero attached hydrogens (tertiary/aromatic N) is 2. The van der Waals surface area contributed by atoms with Crippen molar-refractivity contribution < 1.29 is 18.8 Å². The van der Waals surface area contributed by atoms with E-state index in [2.05, 4.69) is 11.4 Å². The summed E-state index contributed by atoms with van der Waals surface area (Å²) in [7, 11) is 0. The highest BCUT2D eigenvalue weighted by Gasteiger charge is 2.28. The van der Waals surface area contributed by atoms with Gasteiger partial charge >= 0.3 is 11.8 Å². The number of nitrogens with one attached hydrogen (secondary N) is 1. The highest BCUT2D eigenvalue weighted by molar-refractivity contribution is 6.35. The largest absolute Gasteiger partial charge is 0.459 e. The third kappa shape index (κ3) is 4.53. The molecule has 7 heteroatoms. The van der Waals surface area contributed by atoms with Crippen molar-refractivity contribution >= 4 is 17.7 Å². The zero-order valence-electron chi connectivity index (χ0n) is 14.9. The number of hydrogen-bond donors (Lipinski definition) is 1. The van der Waals surface area contributed by atoms with Crippen LogP contribution in [0.3, 0.4) is 0 Å². The molecule has 2 aliphatic rings. The molecule has 140 valence electrons. The maximum absolute atomic E-state index is 12.3. The first-order valence-corrected chi connectivity index (χ1v) is 9.23. The maximum atomic E-state index is 12.3. The van der Waals surface area contributed by atoms with E-state index in [0.717, 1.165) is 19.3 Å². The Morgan fingerprint density at radius 2 is 1.85 bits per heavy atom. The average Bonchev–Trinajstić information content (AvgIpc) is 3.22. The monoisotopic (exact) mass is 359 g/mol. The Bertz CT molecular complexity index is 673. The SMILES string of the molecule is O=C(NCCC1=CCCCC1)C(=O)N1CCN(C(=O)c2ccco2)CC1. The number of carbonyl (C=O) groups is 3. The molecule has 7 nitrogen and oxygen atoms in total. The van der Waals surface area contributed by atoms with Gasteiger partial charge in [0.2, 0.25) is 0 Å². The average molecular weight is 359 g/mol. The first-order chi connectivity index (χ1) is 12.6. The van der Waals surface area contributed by atoms with E-state index in [1.807, 2.05) is 0 Å². The first-order valence-electron chi connectivity index (χ1n) is 9.23. The van der Waals surface area contributed by atoms with Gasteiger partial charge < -0.3 is 19.5 Å². The Labute approximate surface area is 153 Å². The fraction of sp³-hybridized carbons (Fsp3) is 0.526. The number of piperazine rings is 1. The van der Waals surface area contributed by atoms with Crippen molar-refractivity contribution in [3.63, 3.8) is 0 Å². The van der Waals surface area contributed by atoms with Crippen LogP contribution in [0.15, 0.2) is 34.5 Å². The summed E-state index contributed by atoms with van der Waals surface area (Å²) in [6.07, 6.45) is 9.17. The summed E-state index contributed by atoms with van der Waals surface area (Å²) in [5, 5.41) is 2.72. The Morgan fingerprint density at radius 3 is 2.50 bits per heavy atom. The Morgan fingerprint density at radius 1 is 1.08 bits per heavy atom. The number of carbonyl (C=O) groups excluding carboxylic acids is 3. The van der Waals surface area contributed by atoms with Gasteiger partial charge in [0.05, 0.1) is 6.26 Å². The number of allylic oxidation sites excluding steroid dienone is 1. The van der Waals surface area contributed by atoms with Crippen LogP contribution in [0.1, 0.15) is 42.7 Å². The zero-order chi connectivity index (χ0) is 18.4. The summed E-state index contributed by atoms with van der Waals surface area (Å²) >= 11 is 0. The van der Waals surface area contributed by atoms with E-state index in [4.69, 9.17) is 4.42 Å². The molecule has 0 bridgehead atoms. The van der Waals surface area contributed by atoms with E-state index in [1.54, 1.807) is 17.0 Å². The maximum Gasteiger partial charge on any atom is 0.312 e. The molecule has 1 N–H and O–H groups in total. The zero-order valence-corrected chi connectivity index (χ0v) is 14.9. The van der Waals surface area contributed by atoms with Gasteiger partial charge in [-0.05, 0) is 44.2 Å². The topological polar surface area (TPSA) is 82.9 Å². The molecule has 3 rings (SSSR count). The number of amides is 3. The molecule has 3 amide bonds. The van der Waals surface area contributed by atoms with Crippen LogP contribution < -0.4 is 5.32 Å². The molecular formula is C19H25N3O4. The van der Waals surface area contributed by atoms with E-state index < -0.39 is 11.8 Å². The van der Waals surface area contributed by atoms with Gasteiger partial charge in [0, 0.05) is 32.7 Å². The summed E-state index contributed by atoms with van der Waals surface area (Å²) in [5.41, 5.74) is 1.37. The van der Waals surface area contributed by atoms with Gasteiger partial charge in [-0.25, -0.2) is 0 Å². The predicted molar refractivity (Wildman–Crippen MR) is 95.4 cm³/mol. The molecular weight excluding hydrogens is 334 g/mol. The lowest BCUT2D eigenvalue weighted by atomic mass is 9.97. The van der Waals surface area contributed by atoms with Crippen LogP contribution in [0.5, 0.6) is 0 Å². The minimum Gasteiger partial charge on any atom is -0.459 e. The van der Waals surface area contributed by atoms with Crippen LogP contribution in [0.25, 0.3) is 0 Å². The predicted octanol–water partition coefficient (Wildman–Crippen LogP) is 1.57. The first kappa shape index (κ1) is 18.2. The van der Waals surface area contributed by atoms with Crippen molar-refractivity contribution in [3.8, 4) is 0 Å². The molecule has 1 fully saturated rings. The molecule has 0 radical (unpaired) electrons. The van der Waals surface area contributed by atoms with Crippen LogP contribution in [-0.4, -0.2) is 60.2 Å². The molecule has 0 unspecified atom stereocenters. The van der Waals surface area contributed by atoms with Gasteiger partial charge in [0.25, 0.3) is 5.91 Å². The van der Waals surface area contributed by atoms with Gasteiger partial charge in [-0.2, -0.15) is 0 Å². The fourth-order valence-electron chi connectivity index (χ4n) is 3.36. The molecule has 0 aromatic carbocycles. The standard InChI is InChI=1S/C19H25N3O4/c23-17(20-9-8-15-5-2-1-3-6-15)19(25)22-12-10-21(11-13-22)18(24)16-7-4-14-26-16/h4-5,7,14H,1-3,6,8-13H2,(H,20,23). The van der Waals surface area contributed by atoms with Crippen LogP contribution in [0.2, 0.25) is 0 Å². The molecule has 1 aliphatic heterocycles. The number of rotatable bonds is 4. The lowest BCUT2D eigenvalue weighted by Gasteiger charge is -2.33. The summed E-state index contributed by atoms with van der Waals surface area (Å²) in [4.78, 5) is 39.7. The highest BCUT2D eigenvalue weighted by atomic mass is 16.3. The second-order valence-electron chi connectivity index (χ2n) is 6.68. The van der Waals surface area contributed by atoms with Gasteiger partial charge in [-0.3, -0.25) is 14.4 Å². The minimum atomic E-state index is -0.563. The van der Waals surface area contributed by atoms with Gasteiger partial charge in [0.15, 0.2) is 5.76 Å². The van der Waals surface area contributed by atoms with Gasteiger partial charge in [-0.15, -0.1) is 0 Å². The summed E-state index contributed by atoms with van der Waals surface area (Å²) in [6.45, 7) is 1.98. The number of furan rings is 1. The van der Waals surface area contributed by atoms with E-state index in [0.29, 0.717) is 38.5 Å². The molecule has 0 saturated carbocycles.